The molecular weight excluding hydrogens is 316 g/mol. The molecule has 0 spiro atoms. The first kappa shape index (κ1) is 14.9. The average molecular weight is 334 g/mol. The van der Waals surface area contributed by atoms with Gasteiger partial charge in [-0.1, -0.05) is 0 Å². The lowest BCUT2D eigenvalue weighted by Crippen LogP contribution is -2.46. The average Bonchev–Trinajstić information content (AvgIpc) is 2.34. The molecule has 19 heavy (non-hydrogen) atoms. The molecule has 1 N–H and O–H groups in total. The Balaban J connectivity index is 2.30. The Bertz CT molecular complexity index is 471. The minimum Gasteiger partial charge on any atom is -0.385 e. The fourth-order valence-corrected chi connectivity index (χ4v) is 2.94. The Labute approximate surface area is 120 Å². The highest BCUT2D eigenvalue weighted by Crippen LogP contribution is 2.38. The molecule has 1 fully saturated rings. The van der Waals surface area contributed by atoms with Gasteiger partial charge in [-0.25, -0.2) is 8.78 Å². The number of benzene rings is 1. The van der Waals surface area contributed by atoms with Crippen molar-refractivity contribution in [2.45, 2.75) is 38.3 Å². The molecule has 1 heterocycles. The number of hydrogen-bond donors (Lipinski definition) is 1. The Morgan fingerprint density at radius 3 is 2.37 bits per heavy atom. The van der Waals surface area contributed by atoms with E-state index in [1.807, 2.05) is 0 Å². The summed E-state index contributed by atoms with van der Waals surface area (Å²) in [6, 6.07) is 2.89. The van der Waals surface area contributed by atoms with Crippen LogP contribution in [0.2, 0.25) is 0 Å². The third-order valence-corrected chi connectivity index (χ3v) is 4.48. The van der Waals surface area contributed by atoms with E-state index in [1.54, 1.807) is 0 Å². The SMILES string of the molecule is CC(C)N1CCC(O)(c2c(F)ccc(Br)c2F)CC1. The first-order valence-corrected chi connectivity index (χ1v) is 7.25. The fraction of sp³-hybridized carbons (Fsp3) is 0.571. The highest BCUT2D eigenvalue weighted by molar-refractivity contribution is 9.10. The summed E-state index contributed by atoms with van der Waals surface area (Å²) in [4.78, 5) is 2.20. The van der Waals surface area contributed by atoms with E-state index in [1.165, 1.54) is 12.1 Å². The van der Waals surface area contributed by atoms with Gasteiger partial charge < -0.3 is 10.0 Å². The zero-order chi connectivity index (χ0) is 14.2. The highest BCUT2D eigenvalue weighted by Gasteiger charge is 2.39. The van der Waals surface area contributed by atoms with Crippen molar-refractivity contribution in [3.05, 3.63) is 33.8 Å². The molecule has 106 valence electrons. The Hall–Kier alpha value is -0.520. The van der Waals surface area contributed by atoms with Crippen molar-refractivity contribution >= 4 is 15.9 Å². The molecule has 1 aromatic carbocycles. The van der Waals surface area contributed by atoms with Crippen LogP contribution in [-0.2, 0) is 5.60 Å². The van der Waals surface area contributed by atoms with Crippen LogP contribution in [0.25, 0.3) is 0 Å². The van der Waals surface area contributed by atoms with Gasteiger partial charge in [0.2, 0.25) is 0 Å². The minimum absolute atomic E-state index is 0.184. The van der Waals surface area contributed by atoms with E-state index < -0.39 is 17.2 Å². The van der Waals surface area contributed by atoms with Gasteiger partial charge >= 0.3 is 0 Å². The van der Waals surface area contributed by atoms with Crippen LogP contribution in [0.3, 0.4) is 0 Å². The molecule has 0 unspecified atom stereocenters. The third-order valence-electron chi connectivity index (χ3n) is 3.86. The van der Waals surface area contributed by atoms with Crippen molar-refractivity contribution in [3.63, 3.8) is 0 Å². The second-order valence-corrected chi connectivity index (χ2v) is 6.23. The zero-order valence-electron chi connectivity index (χ0n) is 11.1. The van der Waals surface area contributed by atoms with Crippen molar-refractivity contribution in [1.82, 2.24) is 4.90 Å². The van der Waals surface area contributed by atoms with E-state index in [2.05, 4.69) is 34.7 Å². The van der Waals surface area contributed by atoms with Gasteiger partial charge in [0.05, 0.1) is 15.6 Å². The first-order valence-electron chi connectivity index (χ1n) is 6.45. The lowest BCUT2D eigenvalue weighted by Gasteiger charge is -2.40. The topological polar surface area (TPSA) is 23.5 Å². The highest BCUT2D eigenvalue weighted by atomic mass is 79.9. The van der Waals surface area contributed by atoms with E-state index in [4.69, 9.17) is 0 Å². The monoisotopic (exact) mass is 333 g/mol. The Kier molecular flexibility index (Phi) is 4.28. The first-order chi connectivity index (χ1) is 8.85. The summed E-state index contributed by atoms with van der Waals surface area (Å²) in [5.74, 6) is -1.37. The summed E-state index contributed by atoms with van der Waals surface area (Å²) >= 11 is 3.04. The molecule has 0 bridgehead atoms. The number of nitrogens with zero attached hydrogens (tertiary/aromatic N) is 1. The van der Waals surface area contributed by atoms with Gasteiger partial charge in [0.25, 0.3) is 0 Å². The Morgan fingerprint density at radius 1 is 1.26 bits per heavy atom. The normalized spacial score (nSPS) is 19.9. The maximum atomic E-state index is 14.1. The molecule has 2 rings (SSSR count). The van der Waals surface area contributed by atoms with Gasteiger partial charge in [-0.05, 0) is 54.8 Å². The molecule has 5 heteroatoms. The zero-order valence-corrected chi connectivity index (χ0v) is 12.7. The molecular formula is C14H18BrF2NO. The number of likely N-dealkylation sites (tertiary alicyclic amines) is 1. The number of hydrogen-bond acceptors (Lipinski definition) is 2. The molecule has 0 atom stereocenters. The number of rotatable bonds is 2. The van der Waals surface area contributed by atoms with Crippen molar-refractivity contribution in [2.24, 2.45) is 0 Å². The molecule has 1 saturated heterocycles. The molecule has 0 saturated carbocycles. The van der Waals surface area contributed by atoms with Crippen LogP contribution in [0.1, 0.15) is 32.3 Å². The largest absolute Gasteiger partial charge is 0.385 e. The standard InChI is InChI=1S/C14H18BrF2NO/c1-9(2)18-7-5-14(19,6-8-18)12-11(16)4-3-10(15)13(12)17/h3-4,9,19H,5-8H2,1-2H3. The molecule has 2 nitrogen and oxygen atoms in total. The third kappa shape index (κ3) is 2.83. The van der Waals surface area contributed by atoms with Crippen LogP contribution in [0.15, 0.2) is 16.6 Å². The van der Waals surface area contributed by atoms with E-state index in [9.17, 15) is 13.9 Å². The van der Waals surface area contributed by atoms with Crippen LogP contribution >= 0.6 is 15.9 Å². The van der Waals surface area contributed by atoms with Crippen LogP contribution in [0.4, 0.5) is 8.78 Å². The fourth-order valence-electron chi connectivity index (χ4n) is 2.61. The number of piperidine rings is 1. The summed E-state index contributed by atoms with van der Waals surface area (Å²) in [6.07, 6.45) is 0.685. The molecule has 0 radical (unpaired) electrons. The van der Waals surface area contributed by atoms with Crippen molar-refractivity contribution in [3.8, 4) is 0 Å². The van der Waals surface area contributed by atoms with Gasteiger partial charge in [-0.15, -0.1) is 0 Å². The molecule has 1 aliphatic heterocycles. The maximum absolute atomic E-state index is 14.1. The van der Waals surface area contributed by atoms with Crippen molar-refractivity contribution in [1.29, 1.82) is 0 Å². The van der Waals surface area contributed by atoms with Gasteiger partial charge in [0, 0.05) is 19.1 Å². The smallest absolute Gasteiger partial charge is 0.146 e. The van der Waals surface area contributed by atoms with E-state index >= 15 is 0 Å². The molecule has 1 aromatic rings. The van der Waals surface area contributed by atoms with Crippen LogP contribution in [0.5, 0.6) is 0 Å². The van der Waals surface area contributed by atoms with Gasteiger partial charge in [0.1, 0.15) is 11.6 Å². The second kappa shape index (κ2) is 5.46. The summed E-state index contributed by atoms with van der Waals surface area (Å²) in [6.45, 7) is 5.43. The van der Waals surface area contributed by atoms with Crippen LogP contribution < -0.4 is 0 Å². The predicted molar refractivity (Wildman–Crippen MR) is 73.9 cm³/mol. The lowest BCUT2D eigenvalue weighted by molar-refractivity contribution is -0.0374. The lowest BCUT2D eigenvalue weighted by atomic mass is 9.83. The quantitative estimate of drug-likeness (QED) is 0.838. The number of aliphatic hydroxyl groups is 1. The summed E-state index contributed by atoms with van der Waals surface area (Å²) in [5, 5.41) is 10.6. The summed E-state index contributed by atoms with van der Waals surface area (Å²) in [7, 11) is 0. The van der Waals surface area contributed by atoms with Crippen LogP contribution in [0, 0.1) is 11.6 Å². The predicted octanol–water partition coefficient (Wildman–Crippen LogP) is 3.42. The van der Waals surface area contributed by atoms with E-state index in [0.717, 1.165) is 0 Å². The Morgan fingerprint density at radius 2 is 1.84 bits per heavy atom. The van der Waals surface area contributed by atoms with Gasteiger partial charge in [-0.3, -0.25) is 0 Å². The second-order valence-electron chi connectivity index (χ2n) is 5.38. The van der Waals surface area contributed by atoms with E-state index in [0.29, 0.717) is 32.0 Å². The molecule has 0 aliphatic carbocycles. The van der Waals surface area contributed by atoms with Gasteiger partial charge in [0.15, 0.2) is 0 Å². The number of halogens is 3. The molecule has 0 aromatic heterocycles. The summed E-state index contributed by atoms with van der Waals surface area (Å²) in [5.41, 5.74) is -1.62. The molecule has 1 aliphatic rings. The van der Waals surface area contributed by atoms with Crippen molar-refractivity contribution in [2.75, 3.05) is 13.1 Å². The van der Waals surface area contributed by atoms with Gasteiger partial charge in [-0.2, -0.15) is 0 Å². The minimum atomic E-state index is -1.41. The molecule has 0 amide bonds. The van der Waals surface area contributed by atoms with Crippen LogP contribution in [-0.4, -0.2) is 29.1 Å². The maximum Gasteiger partial charge on any atom is 0.146 e. The van der Waals surface area contributed by atoms with Crippen molar-refractivity contribution < 1.29 is 13.9 Å². The van der Waals surface area contributed by atoms with E-state index in [-0.39, 0.29) is 10.0 Å². The summed E-state index contributed by atoms with van der Waals surface area (Å²) < 4.78 is 28.2.